The zero-order valence-corrected chi connectivity index (χ0v) is 13.4. The zero-order valence-electron chi connectivity index (χ0n) is 11.7. The fraction of sp³-hybridized carbons (Fsp3) is 0.583. The van der Waals surface area contributed by atoms with Gasteiger partial charge in [0.15, 0.2) is 0 Å². The molecule has 0 aliphatic carbocycles. The normalized spacial score (nSPS) is 13.7. The highest BCUT2D eigenvalue weighted by molar-refractivity contribution is 7.91. The number of hydrogen-bond acceptors (Lipinski definition) is 5. The van der Waals surface area contributed by atoms with Gasteiger partial charge < -0.3 is 10.4 Å². The Bertz CT molecular complexity index is 526. The summed E-state index contributed by atoms with van der Waals surface area (Å²) in [5.41, 5.74) is 0. The van der Waals surface area contributed by atoms with Crippen molar-refractivity contribution in [3.05, 3.63) is 17.5 Å². The van der Waals surface area contributed by atoms with E-state index in [1.165, 1.54) is 13.1 Å². The summed E-state index contributed by atoms with van der Waals surface area (Å²) in [6.45, 7) is 3.29. The first-order valence-electron chi connectivity index (χ1n) is 6.19. The van der Waals surface area contributed by atoms with E-state index in [0.717, 1.165) is 15.6 Å². The van der Waals surface area contributed by atoms with E-state index in [1.807, 2.05) is 13.8 Å². The van der Waals surface area contributed by atoms with Gasteiger partial charge in [-0.1, -0.05) is 19.9 Å². The predicted molar refractivity (Wildman–Crippen MR) is 78.0 cm³/mol. The summed E-state index contributed by atoms with van der Waals surface area (Å²) in [5, 5.41) is 13.4. The fourth-order valence-corrected chi connectivity index (χ4v) is 3.85. The molecule has 1 rings (SSSR count). The van der Waals surface area contributed by atoms with Gasteiger partial charge >= 0.3 is 0 Å². The summed E-state index contributed by atoms with van der Waals surface area (Å²) in [7, 11) is -2.27. The maximum Gasteiger partial charge on any atom is 0.252 e. The van der Waals surface area contributed by atoms with Crippen molar-refractivity contribution in [2.24, 2.45) is 5.92 Å². The topological polar surface area (TPSA) is 86.7 Å². The van der Waals surface area contributed by atoms with Gasteiger partial charge in [0.25, 0.3) is 10.0 Å². The van der Waals surface area contributed by atoms with Gasteiger partial charge in [-0.3, -0.25) is 4.79 Å². The molecule has 1 unspecified atom stereocenters. The zero-order chi connectivity index (χ0) is 15.3. The van der Waals surface area contributed by atoms with E-state index in [-0.39, 0.29) is 29.3 Å². The number of carbonyl (C=O) groups is 1. The molecule has 0 saturated heterocycles. The molecular weight excluding hydrogens is 300 g/mol. The van der Waals surface area contributed by atoms with Gasteiger partial charge in [-0.15, -0.1) is 11.3 Å². The monoisotopic (exact) mass is 320 g/mol. The van der Waals surface area contributed by atoms with Crippen LogP contribution in [0.3, 0.4) is 0 Å². The molecule has 0 fully saturated rings. The Morgan fingerprint density at radius 2 is 2.15 bits per heavy atom. The van der Waals surface area contributed by atoms with Crippen LogP contribution >= 0.6 is 11.3 Å². The van der Waals surface area contributed by atoms with Crippen LogP contribution < -0.4 is 5.32 Å². The number of sulfonamides is 1. The SMILES string of the molecule is CC(C)C(CO)NC(=O)CN(C)S(=O)(=O)c1cccs1. The van der Waals surface area contributed by atoms with Crippen LogP contribution in [0.5, 0.6) is 0 Å². The van der Waals surface area contributed by atoms with Crippen molar-refractivity contribution < 1.29 is 18.3 Å². The lowest BCUT2D eigenvalue weighted by Crippen LogP contribution is -2.46. The van der Waals surface area contributed by atoms with E-state index >= 15 is 0 Å². The second-order valence-electron chi connectivity index (χ2n) is 4.79. The highest BCUT2D eigenvalue weighted by Crippen LogP contribution is 2.19. The van der Waals surface area contributed by atoms with E-state index in [0.29, 0.717) is 0 Å². The maximum absolute atomic E-state index is 12.1. The number of aliphatic hydroxyl groups is 1. The highest BCUT2D eigenvalue weighted by atomic mass is 32.2. The molecule has 0 bridgehead atoms. The second-order valence-corrected chi connectivity index (χ2v) is 8.01. The van der Waals surface area contributed by atoms with Crippen LogP contribution in [0, 0.1) is 5.92 Å². The molecule has 0 radical (unpaired) electrons. The Morgan fingerprint density at radius 3 is 2.60 bits per heavy atom. The molecule has 1 atom stereocenters. The molecule has 1 aromatic heterocycles. The minimum Gasteiger partial charge on any atom is -0.394 e. The summed E-state index contributed by atoms with van der Waals surface area (Å²) in [4.78, 5) is 11.8. The Morgan fingerprint density at radius 1 is 1.50 bits per heavy atom. The summed E-state index contributed by atoms with van der Waals surface area (Å²) in [6.07, 6.45) is 0. The maximum atomic E-state index is 12.1. The first kappa shape index (κ1) is 17.1. The van der Waals surface area contributed by atoms with E-state index in [1.54, 1.807) is 11.4 Å². The van der Waals surface area contributed by atoms with Crippen LogP contribution in [0.1, 0.15) is 13.8 Å². The van der Waals surface area contributed by atoms with Crippen LogP contribution in [0.2, 0.25) is 0 Å². The molecule has 6 nitrogen and oxygen atoms in total. The smallest absolute Gasteiger partial charge is 0.252 e. The number of rotatable bonds is 7. The summed E-state index contributed by atoms with van der Waals surface area (Å²) in [6, 6.07) is 2.77. The van der Waals surface area contributed by atoms with Crippen molar-refractivity contribution in [3.8, 4) is 0 Å². The van der Waals surface area contributed by atoms with Gasteiger partial charge in [0.1, 0.15) is 4.21 Å². The molecule has 0 saturated carbocycles. The van der Waals surface area contributed by atoms with Crippen LogP contribution in [0.15, 0.2) is 21.7 Å². The predicted octanol–water partition coefficient (Wildman–Crippen LogP) is 0.502. The van der Waals surface area contributed by atoms with Gasteiger partial charge in [-0.25, -0.2) is 8.42 Å². The number of thiophene rings is 1. The lowest BCUT2D eigenvalue weighted by Gasteiger charge is -2.22. The molecule has 0 aliphatic heterocycles. The third-order valence-electron chi connectivity index (χ3n) is 2.87. The first-order chi connectivity index (χ1) is 9.28. The molecule has 1 aromatic rings. The van der Waals surface area contributed by atoms with Crippen LogP contribution in [0.25, 0.3) is 0 Å². The van der Waals surface area contributed by atoms with Crippen molar-refractivity contribution in [2.75, 3.05) is 20.2 Å². The Hall–Kier alpha value is -0.960. The quantitative estimate of drug-likeness (QED) is 0.766. The van der Waals surface area contributed by atoms with Crippen molar-refractivity contribution >= 4 is 27.3 Å². The highest BCUT2D eigenvalue weighted by Gasteiger charge is 2.25. The Kier molecular flexibility index (Phi) is 6.12. The fourth-order valence-electron chi connectivity index (χ4n) is 1.53. The number of aliphatic hydroxyl groups excluding tert-OH is 1. The van der Waals surface area contributed by atoms with Gasteiger partial charge in [0, 0.05) is 7.05 Å². The van der Waals surface area contributed by atoms with E-state index in [4.69, 9.17) is 5.11 Å². The molecular formula is C12H20N2O4S2. The summed E-state index contributed by atoms with van der Waals surface area (Å²) >= 11 is 1.11. The minimum atomic E-state index is -3.62. The van der Waals surface area contributed by atoms with E-state index < -0.39 is 15.9 Å². The van der Waals surface area contributed by atoms with Crippen molar-refractivity contribution in [2.45, 2.75) is 24.1 Å². The van der Waals surface area contributed by atoms with Gasteiger partial charge in [0.05, 0.1) is 19.2 Å². The van der Waals surface area contributed by atoms with Crippen LogP contribution in [0.4, 0.5) is 0 Å². The Balaban J connectivity index is 2.67. The standard InChI is InChI=1S/C12H20N2O4S2/c1-9(2)10(8-15)13-11(16)7-14(3)20(17,18)12-5-4-6-19-12/h4-6,9-10,15H,7-8H2,1-3H3,(H,13,16). The molecule has 0 aliphatic rings. The third kappa shape index (κ3) is 4.27. The number of amides is 1. The lowest BCUT2D eigenvalue weighted by molar-refractivity contribution is -0.122. The van der Waals surface area contributed by atoms with Crippen molar-refractivity contribution in [1.29, 1.82) is 0 Å². The largest absolute Gasteiger partial charge is 0.394 e. The summed E-state index contributed by atoms with van der Waals surface area (Å²) < 4.78 is 25.5. The van der Waals surface area contributed by atoms with Crippen LogP contribution in [-0.4, -0.2) is 50.0 Å². The number of likely N-dealkylation sites (N-methyl/N-ethyl adjacent to an activating group) is 1. The van der Waals surface area contributed by atoms with Crippen molar-refractivity contribution in [1.82, 2.24) is 9.62 Å². The molecule has 8 heteroatoms. The van der Waals surface area contributed by atoms with Gasteiger partial charge in [-0.05, 0) is 17.4 Å². The molecule has 1 amide bonds. The van der Waals surface area contributed by atoms with Gasteiger partial charge in [0.2, 0.25) is 5.91 Å². The third-order valence-corrected chi connectivity index (χ3v) is 6.05. The molecule has 1 heterocycles. The number of carbonyl (C=O) groups excluding carboxylic acids is 1. The van der Waals surface area contributed by atoms with E-state index in [9.17, 15) is 13.2 Å². The van der Waals surface area contributed by atoms with Crippen molar-refractivity contribution in [3.63, 3.8) is 0 Å². The van der Waals surface area contributed by atoms with E-state index in [2.05, 4.69) is 5.32 Å². The molecule has 2 N–H and O–H groups in total. The molecule has 0 aromatic carbocycles. The van der Waals surface area contributed by atoms with Gasteiger partial charge in [-0.2, -0.15) is 4.31 Å². The summed E-state index contributed by atoms with van der Waals surface area (Å²) in [5.74, 6) is -0.358. The number of nitrogens with one attached hydrogen (secondary N) is 1. The number of hydrogen-bond donors (Lipinski definition) is 2. The van der Waals surface area contributed by atoms with Crippen LogP contribution in [-0.2, 0) is 14.8 Å². The molecule has 20 heavy (non-hydrogen) atoms. The average Bonchev–Trinajstić information content (AvgIpc) is 2.89. The minimum absolute atomic E-state index is 0.0724. The average molecular weight is 320 g/mol. The Labute approximate surface area is 123 Å². The second kappa shape index (κ2) is 7.16. The first-order valence-corrected chi connectivity index (χ1v) is 8.51. The molecule has 0 spiro atoms. The number of nitrogens with zero attached hydrogens (tertiary/aromatic N) is 1. The molecule has 114 valence electrons. The lowest BCUT2D eigenvalue weighted by atomic mass is 10.1.